The lowest BCUT2D eigenvalue weighted by Gasteiger charge is -2.06. The van der Waals surface area contributed by atoms with Crippen LogP contribution in [0.2, 0.25) is 0 Å². The zero-order valence-corrected chi connectivity index (χ0v) is 10.3. The maximum Gasteiger partial charge on any atom is 0.152 e. The van der Waals surface area contributed by atoms with E-state index < -0.39 is 0 Å². The van der Waals surface area contributed by atoms with Gasteiger partial charge < -0.3 is 10.6 Å². The number of nitrogens with one attached hydrogen (secondary N) is 2. The number of anilines is 4. The van der Waals surface area contributed by atoms with Gasteiger partial charge in [-0.1, -0.05) is 0 Å². The summed E-state index contributed by atoms with van der Waals surface area (Å²) in [6, 6.07) is 0. The molecule has 3 rings (SSSR count). The third kappa shape index (κ3) is 2.99. The van der Waals surface area contributed by atoms with Gasteiger partial charge in [0.2, 0.25) is 0 Å². The van der Waals surface area contributed by atoms with Gasteiger partial charge in [-0.05, 0) is 0 Å². The topological polar surface area (TPSA) is 101 Å². The Hall–Kier alpha value is -3.16. The Balaban J connectivity index is 1.76. The van der Waals surface area contributed by atoms with E-state index in [1.165, 1.54) is 0 Å². The van der Waals surface area contributed by atoms with Crippen LogP contribution in [0, 0.1) is 0 Å². The van der Waals surface area contributed by atoms with Gasteiger partial charge in [-0.15, -0.1) is 0 Å². The Morgan fingerprint density at radius 1 is 0.550 bits per heavy atom. The Bertz CT molecular complexity index is 617. The summed E-state index contributed by atoms with van der Waals surface area (Å²) in [6.07, 6.45) is 12.8. The summed E-state index contributed by atoms with van der Waals surface area (Å²) in [5.74, 6) is 2.30. The first-order chi connectivity index (χ1) is 9.90. The van der Waals surface area contributed by atoms with E-state index in [0.29, 0.717) is 23.3 Å². The minimum Gasteiger partial charge on any atom is -0.322 e. The number of hydrogen-bond acceptors (Lipinski definition) is 8. The summed E-state index contributed by atoms with van der Waals surface area (Å²) in [4.78, 5) is 24.6. The van der Waals surface area contributed by atoms with E-state index >= 15 is 0 Å². The molecule has 0 radical (unpaired) electrons. The van der Waals surface area contributed by atoms with Gasteiger partial charge in [0.25, 0.3) is 0 Å². The van der Waals surface area contributed by atoms with Crippen molar-refractivity contribution in [3.05, 3.63) is 49.6 Å². The average Bonchev–Trinajstić information content (AvgIpc) is 2.50. The zero-order chi connectivity index (χ0) is 13.6. The molecule has 0 saturated heterocycles. The van der Waals surface area contributed by atoms with Crippen molar-refractivity contribution in [3.8, 4) is 0 Å². The molecule has 3 heterocycles. The number of nitrogens with zero attached hydrogens (tertiary/aromatic N) is 6. The molecule has 3 aromatic rings. The first-order valence-corrected chi connectivity index (χ1v) is 5.78. The molecule has 0 saturated carbocycles. The molecule has 0 fully saturated rings. The number of hydrogen-bond donors (Lipinski definition) is 2. The average molecular weight is 266 g/mol. The largest absolute Gasteiger partial charge is 0.322 e. The Morgan fingerprint density at radius 3 is 1.50 bits per heavy atom. The second kappa shape index (κ2) is 5.65. The molecule has 0 aromatic carbocycles. The number of aromatic nitrogens is 6. The van der Waals surface area contributed by atoms with E-state index in [4.69, 9.17) is 0 Å². The minimum absolute atomic E-state index is 0.555. The number of rotatable bonds is 4. The molecule has 2 N–H and O–H groups in total. The lowest BCUT2D eigenvalue weighted by Crippen LogP contribution is -2.01. The minimum atomic E-state index is 0.555. The Kier molecular flexibility index (Phi) is 3.36. The molecule has 3 aromatic heterocycles. The van der Waals surface area contributed by atoms with Crippen LogP contribution in [0.3, 0.4) is 0 Å². The van der Waals surface area contributed by atoms with E-state index in [1.807, 2.05) is 0 Å². The summed E-state index contributed by atoms with van der Waals surface area (Å²) in [5.41, 5.74) is 0. The van der Waals surface area contributed by atoms with Crippen molar-refractivity contribution < 1.29 is 0 Å². The van der Waals surface area contributed by atoms with Crippen molar-refractivity contribution in [1.82, 2.24) is 29.9 Å². The molecule has 0 bridgehead atoms. The fraction of sp³-hybridized carbons (Fsp3) is 0. The highest BCUT2D eigenvalue weighted by molar-refractivity contribution is 5.55. The van der Waals surface area contributed by atoms with Gasteiger partial charge in [-0.25, -0.2) is 15.0 Å². The lowest BCUT2D eigenvalue weighted by molar-refractivity contribution is 1.14. The molecule has 8 heteroatoms. The molecule has 98 valence electrons. The third-order valence-corrected chi connectivity index (χ3v) is 2.27. The van der Waals surface area contributed by atoms with Crippen LogP contribution in [0.15, 0.2) is 49.6 Å². The maximum atomic E-state index is 4.34. The van der Waals surface area contributed by atoms with Crippen LogP contribution in [0.1, 0.15) is 0 Å². The van der Waals surface area contributed by atoms with E-state index in [0.717, 1.165) is 0 Å². The van der Waals surface area contributed by atoms with Gasteiger partial charge in [0, 0.05) is 24.8 Å². The molecule has 0 aliphatic heterocycles. The molecule has 8 nitrogen and oxygen atoms in total. The quantitative estimate of drug-likeness (QED) is 0.733. The van der Waals surface area contributed by atoms with Crippen LogP contribution >= 0.6 is 0 Å². The standard InChI is InChI=1S/C12H10N8/c1-3-16-9(5-13-1)18-11-7-15-8-12(20-11)19-10-6-14-2-4-17-10/h1-8H,(H2,16,17,18,19,20). The van der Waals surface area contributed by atoms with Crippen LogP contribution in [0.25, 0.3) is 0 Å². The molecule has 0 amide bonds. The highest BCUT2D eigenvalue weighted by Crippen LogP contribution is 2.14. The smallest absolute Gasteiger partial charge is 0.152 e. The summed E-state index contributed by atoms with van der Waals surface area (Å²) in [7, 11) is 0. The second-order valence-electron chi connectivity index (χ2n) is 3.72. The van der Waals surface area contributed by atoms with Gasteiger partial charge in [0.15, 0.2) is 11.6 Å². The van der Waals surface area contributed by atoms with E-state index in [9.17, 15) is 0 Å². The fourth-order valence-electron chi connectivity index (χ4n) is 1.48. The van der Waals surface area contributed by atoms with Crippen LogP contribution in [-0.2, 0) is 0 Å². The van der Waals surface area contributed by atoms with Crippen LogP contribution in [0.5, 0.6) is 0 Å². The molecule has 0 aliphatic rings. The molecular formula is C12H10N8. The summed E-state index contributed by atoms with van der Waals surface area (Å²) < 4.78 is 0. The first-order valence-electron chi connectivity index (χ1n) is 5.78. The van der Waals surface area contributed by atoms with Crippen molar-refractivity contribution in [1.29, 1.82) is 0 Å². The SMILES string of the molecule is c1cnc(Nc2cncc(Nc3cnccn3)n2)cn1. The summed E-state index contributed by atoms with van der Waals surface area (Å²) >= 11 is 0. The lowest BCUT2D eigenvalue weighted by atomic mass is 10.5. The van der Waals surface area contributed by atoms with Crippen molar-refractivity contribution >= 4 is 23.3 Å². The molecule has 0 spiro atoms. The van der Waals surface area contributed by atoms with Gasteiger partial charge in [-0.3, -0.25) is 15.0 Å². The highest BCUT2D eigenvalue weighted by atomic mass is 15.1. The van der Waals surface area contributed by atoms with Crippen molar-refractivity contribution in [2.24, 2.45) is 0 Å². The fourth-order valence-corrected chi connectivity index (χ4v) is 1.48. The Morgan fingerprint density at radius 2 is 1.05 bits per heavy atom. The predicted molar refractivity (Wildman–Crippen MR) is 72.7 cm³/mol. The summed E-state index contributed by atoms with van der Waals surface area (Å²) in [5, 5.41) is 6.01. The molecule has 0 atom stereocenters. The molecule has 0 unspecified atom stereocenters. The van der Waals surface area contributed by atoms with Gasteiger partial charge in [-0.2, -0.15) is 0 Å². The Labute approximate surface area is 114 Å². The summed E-state index contributed by atoms with van der Waals surface area (Å²) in [6.45, 7) is 0. The van der Waals surface area contributed by atoms with E-state index in [-0.39, 0.29) is 0 Å². The van der Waals surface area contributed by atoms with Crippen molar-refractivity contribution in [3.63, 3.8) is 0 Å². The molecule has 0 aliphatic carbocycles. The van der Waals surface area contributed by atoms with Crippen LogP contribution < -0.4 is 10.6 Å². The predicted octanol–water partition coefficient (Wildman–Crippen LogP) is 1.54. The van der Waals surface area contributed by atoms with Crippen LogP contribution in [0.4, 0.5) is 23.3 Å². The molecule has 20 heavy (non-hydrogen) atoms. The normalized spacial score (nSPS) is 10.0. The third-order valence-electron chi connectivity index (χ3n) is 2.27. The molecular weight excluding hydrogens is 256 g/mol. The van der Waals surface area contributed by atoms with Crippen LogP contribution in [-0.4, -0.2) is 29.9 Å². The monoisotopic (exact) mass is 266 g/mol. The van der Waals surface area contributed by atoms with Crippen molar-refractivity contribution in [2.75, 3.05) is 10.6 Å². The van der Waals surface area contributed by atoms with E-state index in [2.05, 4.69) is 40.5 Å². The second-order valence-corrected chi connectivity index (χ2v) is 3.72. The van der Waals surface area contributed by atoms with Gasteiger partial charge >= 0.3 is 0 Å². The van der Waals surface area contributed by atoms with E-state index in [1.54, 1.807) is 49.6 Å². The zero-order valence-electron chi connectivity index (χ0n) is 10.3. The van der Waals surface area contributed by atoms with Crippen molar-refractivity contribution in [2.45, 2.75) is 0 Å². The highest BCUT2D eigenvalue weighted by Gasteiger charge is 2.01. The van der Waals surface area contributed by atoms with Gasteiger partial charge in [0.1, 0.15) is 11.6 Å². The van der Waals surface area contributed by atoms with Gasteiger partial charge in [0.05, 0.1) is 24.8 Å². The maximum absolute atomic E-state index is 4.34. The first kappa shape index (κ1) is 11.9.